The Morgan fingerprint density at radius 3 is 2.79 bits per heavy atom. The molecule has 0 amide bonds. The van der Waals surface area contributed by atoms with Crippen LogP contribution < -0.4 is 5.32 Å². The Labute approximate surface area is 116 Å². The van der Waals surface area contributed by atoms with Crippen LogP contribution in [-0.2, 0) is 6.54 Å². The van der Waals surface area contributed by atoms with Gasteiger partial charge < -0.3 is 14.8 Å². The van der Waals surface area contributed by atoms with Crippen LogP contribution >= 0.6 is 0 Å². The van der Waals surface area contributed by atoms with E-state index in [9.17, 15) is 0 Å². The highest BCUT2D eigenvalue weighted by molar-refractivity contribution is 5.03. The van der Waals surface area contributed by atoms with E-state index in [2.05, 4.69) is 26.8 Å². The van der Waals surface area contributed by atoms with Gasteiger partial charge in [-0.1, -0.05) is 0 Å². The van der Waals surface area contributed by atoms with E-state index in [0.717, 1.165) is 25.0 Å². The molecule has 0 bridgehead atoms. The molecule has 4 nitrogen and oxygen atoms in total. The average molecular weight is 262 g/mol. The van der Waals surface area contributed by atoms with Crippen molar-refractivity contribution >= 4 is 0 Å². The fraction of sp³-hybridized carbons (Fsp3) is 0.800. The van der Waals surface area contributed by atoms with E-state index in [4.69, 9.17) is 0 Å². The first-order valence-corrected chi connectivity index (χ1v) is 7.73. The Balaban J connectivity index is 1.35. The van der Waals surface area contributed by atoms with Crippen molar-refractivity contribution in [3.05, 3.63) is 18.2 Å². The highest BCUT2D eigenvalue weighted by Gasteiger charge is 2.24. The van der Waals surface area contributed by atoms with Gasteiger partial charge >= 0.3 is 0 Å². The maximum absolute atomic E-state index is 4.28. The number of rotatable bonds is 6. The molecule has 1 aromatic rings. The zero-order valence-corrected chi connectivity index (χ0v) is 12.0. The second-order valence-electron chi connectivity index (χ2n) is 6.24. The van der Waals surface area contributed by atoms with Crippen molar-refractivity contribution in [2.45, 2.75) is 44.7 Å². The van der Waals surface area contributed by atoms with Gasteiger partial charge in [0.05, 0.1) is 12.0 Å². The summed E-state index contributed by atoms with van der Waals surface area (Å²) in [6.07, 6.45) is 10.7. The fourth-order valence-electron chi connectivity index (χ4n) is 3.02. The zero-order chi connectivity index (χ0) is 13.1. The molecule has 0 unspecified atom stereocenters. The lowest BCUT2D eigenvalue weighted by atomic mass is 9.94. The minimum atomic E-state index is 0.744. The Kier molecular flexibility index (Phi) is 4.18. The first-order chi connectivity index (χ1) is 9.33. The lowest BCUT2D eigenvalue weighted by Gasteiger charge is -2.28. The van der Waals surface area contributed by atoms with Gasteiger partial charge in [0.25, 0.3) is 0 Å². The van der Waals surface area contributed by atoms with Crippen LogP contribution in [0.3, 0.4) is 0 Å². The number of piperidine rings is 1. The van der Waals surface area contributed by atoms with E-state index < -0.39 is 0 Å². The number of nitrogens with zero attached hydrogens (tertiary/aromatic N) is 3. The molecule has 1 aliphatic heterocycles. The number of imidazole rings is 1. The molecule has 0 radical (unpaired) electrons. The highest BCUT2D eigenvalue weighted by Crippen LogP contribution is 2.35. The van der Waals surface area contributed by atoms with Crippen LogP contribution in [0.15, 0.2) is 12.5 Å². The summed E-state index contributed by atoms with van der Waals surface area (Å²) in [6.45, 7) is 4.67. The Bertz CT molecular complexity index is 389. The third-order valence-electron chi connectivity index (χ3n) is 4.56. The van der Waals surface area contributed by atoms with E-state index in [1.807, 2.05) is 12.5 Å². The standard InChI is InChI=1S/C15H26N4/c1-18-8-5-13(6-9-18)4-7-16-10-15-11-17-12-19(15)14-2-3-14/h11-14,16H,2-10H2,1H3. The van der Waals surface area contributed by atoms with Gasteiger partial charge in [-0.2, -0.15) is 0 Å². The Morgan fingerprint density at radius 2 is 2.05 bits per heavy atom. The summed E-state index contributed by atoms with van der Waals surface area (Å²) in [5.74, 6) is 0.928. The molecule has 2 fully saturated rings. The first kappa shape index (κ1) is 13.1. The third-order valence-corrected chi connectivity index (χ3v) is 4.56. The average Bonchev–Trinajstić information content (AvgIpc) is 3.16. The number of aromatic nitrogens is 2. The van der Waals surface area contributed by atoms with Crippen LogP contribution in [0.25, 0.3) is 0 Å². The number of nitrogens with one attached hydrogen (secondary N) is 1. The topological polar surface area (TPSA) is 33.1 Å². The summed E-state index contributed by atoms with van der Waals surface area (Å²) < 4.78 is 2.35. The number of likely N-dealkylation sites (tertiary alicyclic amines) is 1. The molecule has 0 aromatic carbocycles. The van der Waals surface area contributed by atoms with Crippen molar-refractivity contribution in [3.63, 3.8) is 0 Å². The molecule has 1 saturated heterocycles. The van der Waals surface area contributed by atoms with Gasteiger partial charge in [-0.3, -0.25) is 0 Å². The summed E-state index contributed by atoms with van der Waals surface area (Å²) in [6, 6.07) is 0.744. The molecule has 0 spiro atoms. The van der Waals surface area contributed by atoms with Crippen LogP contribution in [0.1, 0.15) is 43.8 Å². The summed E-state index contributed by atoms with van der Waals surface area (Å²) in [7, 11) is 2.23. The van der Waals surface area contributed by atoms with Crippen LogP contribution in [-0.4, -0.2) is 41.1 Å². The summed E-state index contributed by atoms with van der Waals surface area (Å²) in [4.78, 5) is 6.72. The maximum atomic E-state index is 4.28. The Morgan fingerprint density at radius 1 is 1.26 bits per heavy atom. The van der Waals surface area contributed by atoms with E-state index >= 15 is 0 Å². The Hall–Kier alpha value is -0.870. The zero-order valence-electron chi connectivity index (χ0n) is 12.0. The summed E-state index contributed by atoms with van der Waals surface area (Å²) in [5.41, 5.74) is 1.35. The van der Waals surface area contributed by atoms with Crippen LogP contribution in [0.4, 0.5) is 0 Å². The fourth-order valence-corrected chi connectivity index (χ4v) is 3.02. The molecule has 2 heterocycles. The van der Waals surface area contributed by atoms with Gasteiger partial charge in [-0.15, -0.1) is 0 Å². The minimum Gasteiger partial charge on any atom is -0.330 e. The predicted octanol–water partition coefficient (Wildman–Crippen LogP) is 2.04. The number of hydrogen-bond acceptors (Lipinski definition) is 3. The van der Waals surface area contributed by atoms with E-state index in [1.54, 1.807) is 0 Å². The predicted molar refractivity (Wildman–Crippen MR) is 77.0 cm³/mol. The molecule has 1 aliphatic carbocycles. The van der Waals surface area contributed by atoms with Gasteiger partial charge in [0.15, 0.2) is 0 Å². The second kappa shape index (κ2) is 6.06. The van der Waals surface area contributed by atoms with Crippen molar-refractivity contribution < 1.29 is 0 Å². The molecular formula is C15H26N4. The van der Waals surface area contributed by atoms with E-state index in [0.29, 0.717) is 0 Å². The van der Waals surface area contributed by atoms with Crippen LogP contribution in [0.2, 0.25) is 0 Å². The normalized spacial score (nSPS) is 21.9. The van der Waals surface area contributed by atoms with E-state index in [-0.39, 0.29) is 0 Å². The van der Waals surface area contributed by atoms with Crippen molar-refractivity contribution in [2.24, 2.45) is 5.92 Å². The van der Waals surface area contributed by atoms with Gasteiger partial charge in [-0.25, -0.2) is 4.98 Å². The molecule has 1 saturated carbocycles. The molecule has 106 valence electrons. The smallest absolute Gasteiger partial charge is 0.0951 e. The SMILES string of the molecule is CN1CCC(CCNCc2cncn2C2CC2)CC1. The lowest BCUT2D eigenvalue weighted by Crippen LogP contribution is -2.31. The molecular weight excluding hydrogens is 236 g/mol. The van der Waals surface area contributed by atoms with Crippen LogP contribution in [0.5, 0.6) is 0 Å². The quantitative estimate of drug-likeness (QED) is 0.796. The van der Waals surface area contributed by atoms with Gasteiger partial charge in [0.2, 0.25) is 0 Å². The van der Waals surface area contributed by atoms with Crippen molar-refractivity contribution in [2.75, 3.05) is 26.7 Å². The van der Waals surface area contributed by atoms with Gasteiger partial charge in [-0.05, 0) is 64.7 Å². The third kappa shape index (κ3) is 3.57. The van der Waals surface area contributed by atoms with Crippen molar-refractivity contribution in [1.82, 2.24) is 19.8 Å². The molecule has 1 N–H and O–H groups in total. The van der Waals surface area contributed by atoms with E-state index in [1.165, 1.54) is 50.9 Å². The molecule has 0 atom stereocenters. The van der Waals surface area contributed by atoms with Crippen molar-refractivity contribution in [3.8, 4) is 0 Å². The lowest BCUT2D eigenvalue weighted by molar-refractivity contribution is 0.211. The minimum absolute atomic E-state index is 0.744. The molecule has 2 aliphatic rings. The maximum Gasteiger partial charge on any atom is 0.0951 e. The molecule has 3 rings (SSSR count). The van der Waals surface area contributed by atoms with Gasteiger partial charge in [0, 0.05) is 18.8 Å². The number of hydrogen-bond donors (Lipinski definition) is 1. The summed E-state index contributed by atoms with van der Waals surface area (Å²) >= 11 is 0. The van der Waals surface area contributed by atoms with Crippen LogP contribution in [0, 0.1) is 5.92 Å². The monoisotopic (exact) mass is 262 g/mol. The van der Waals surface area contributed by atoms with Crippen molar-refractivity contribution in [1.29, 1.82) is 0 Å². The largest absolute Gasteiger partial charge is 0.330 e. The first-order valence-electron chi connectivity index (χ1n) is 7.73. The molecule has 1 aromatic heterocycles. The second-order valence-corrected chi connectivity index (χ2v) is 6.24. The van der Waals surface area contributed by atoms with Gasteiger partial charge in [0.1, 0.15) is 0 Å². The highest BCUT2D eigenvalue weighted by atomic mass is 15.1. The molecule has 19 heavy (non-hydrogen) atoms. The summed E-state index contributed by atoms with van der Waals surface area (Å²) in [5, 5.41) is 3.59. The molecule has 4 heteroatoms.